The number of anilines is 2. The summed E-state index contributed by atoms with van der Waals surface area (Å²) in [7, 11) is 1.57. The fraction of sp³-hybridized carbons (Fsp3) is 0.128. The Morgan fingerprint density at radius 2 is 1.47 bits per heavy atom. The van der Waals surface area contributed by atoms with Crippen molar-refractivity contribution in [2.75, 3.05) is 18.6 Å². The monoisotopic (exact) mass is 651 g/mol. The van der Waals surface area contributed by atoms with Crippen LogP contribution in [0.1, 0.15) is 32.0 Å². The average Bonchev–Trinajstić information content (AvgIpc) is 3.53. The molecule has 0 spiro atoms. The van der Waals surface area contributed by atoms with Crippen molar-refractivity contribution in [3.05, 3.63) is 150 Å². The molecule has 10 heteroatoms. The molecule has 2 heterocycles. The predicted octanol–water partition coefficient (Wildman–Crippen LogP) is 6.85. The molecule has 49 heavy (non-hydrogen) atoms. The van der Waals surface area contributed by atoms with E-state index in [1.807, 2.05) is 91.0 Å². The Morgan fingerprint density at radius 3 is 2.14 bits per heavy atom. The SMILES string of the molecule is COc1ccc2c(C(=O)N(c3ccccc3)c3ccccc3)nn(-c3ccccc3C(=O)N3Cc4ccccc4C[C@H]3CNC(=O)O)c2c1. The number of fused-ring (bicyclic) bond motifs is 2. The Hall–Kier alpha value is -6.42. The third kappa shape index (κ3) is 6.07. The molecule has 1 aromatic heterocycles. The zero-order valence-electron chi connectivity index (χ0n) is 26.7. The summed E-state index contributed by atoms with van der Waals surface area (Å²) in [5, 5.41) is 17.4. The van der Waals surface area contributed by atoms with Gasteiger partial charge in [0.15, 0.2) is 5.69 Å². The van der Waals surface area contributed by atoms with E-state index in [0.717, 1.165) is 11.1 Å². The van der Waals surface area contributed by atoms with Gasteiger partial charge in [0.25, 0.3) is 11.8 Å². The molecule has 6 aromatic rings. The number of methoxy groups -OCH3 is 1. The average molecular weight is 652 g/mol. The van der Waals surface area contributed by atoms with E-state index in [0.29, 0.717) is 52.2 Å². The zero-order valence-corrected chi connectivity index (χ0v) is 26.7. The Kier molecular flexibility index (Phi) is 8.51. The molecule has 0 aliphatic carbocycles. The second kappa shape index (κ2) is 13.4. The quantitative estimate of drug-likeness (QED) is 0.186. The van der Waals surface area contributed by atoms with Crippen molar-refractivity contribution in [1.82, 2.24) is 20.0 Å². The maximum atomic E-state index is 14.6. The number of carbonyl (C=O) groups is 3. The minimum atomic E-state index is -1.15. The Morgan fingerprint density at radius 1 is 0.837 bits per heavy atom. The summed E-state index contributed by atoms with van der Waals surface area (Å²) in [4.78, 5) is 44.0. The number of hydrogen-bond donors (Lipinski definition) is 2. The van der Waals surface area contributed by atoms with Crippen molar-refractivity contribution < 1.29 is 24.2 Å². The highest BCUT2D eigenvalue weighted by atomic mass is 16.5. The van der Waals surface area contributed by atoms with Crippen LogP contribution >= 0.6 is 0 Å². The minimum absolute atomic E-state index is 0.0763. The summed E-state index contributed by atoms with van der Waals surface area (Å²) in [6, 6.07) is 38.7. The van der Waals surface area contributed by atoms with Gasteiger partial charge >= 0.3 is 6.09 Å². The first-order valence-electron chi connectivity index (χ1n) is 15.9. The number of nitrogens with zero attached hydrogens (tertiary/aromatic N) is 4. The van der Waals surface area contributed by atoms with Gasteiger partial charge in [-0.25, -0.2) is 9.48 Å². The van der Waals surface area contributed by atoms with Gasteiger partial charge in [-0.05, 0) is 66.1 Å². The first-order valence-corrected chi connectivity index (χ1v) is 15.9. The molecule has 3 amide bonds. The zero-order chi connectivity index (χ0) is 33.9. The van der Waals surface area contributed by atoms with Crippen LogP contribution in [0.5, 0.6) is 5.75 Å². The maximum Gasteiger partial charge on any atom is 0.404 e. The molecule has 5 aromatic carbocycles. The van der Waals surface area contributed by atoms with E-state index in [-0.39, 0.29) is 24.1 Å². The summed E-state index contributed by atoms with van der Waals surface area (Å²) < 4.78 is 7.19. The van der Waals surface area contributed by atoms with Gasteiger partial charge in [-0.1, -0.05) is 72.8 Å². The first kappa shape index (κ1) is 31.2. The molecule has 244 valence electrons. The number of para-hydroxylation sites is 3. The number of nitrogens with one attached hydrogen (secondary N) is 1. The molecule has 0 radical (unpaired) electrons. The number of carbonyl (C=O) groups excluding carboxylic acids is 2. The smallest absolute Gasteiger partial charge is 0.404 e. The van der Waals surface area contributed by atoms with Crippen molar-refractivity contribution in [3.63, 3.8) is 0 Å². The van der Waals surface area contributed by atoms with Crippen molar-refractivity contribution >= 4 is 40.2 Å². The highest BCUT2D eigenvalue weighted by Gasteiger charge is 2.33. The minimum Gasteiger partial charge on any atom is -0.497 e. The maximum absolute atomic E-state index is 14.6. The van der Waals surface area contributed by atoms with Crippen LogP contribution in [-0.2, 0) is 13.0 Å². The molecule has 0 saturated carbocycles. The molecule has 0 saturated heterocycles. The predicted molar refractivity (Wildman–Crippen MR) is 187 cm³/mol. The summed E-state index contributed by atoms with van der Waals surface area (Å²) in [6.45, 7) is 0.392. The molecule has 1 aliphatic heterocycles. The Labute approximate surface area is 282 Å². The Balaban J connectivity index is 1.35. The summed E-state index contributed by atoms with van der Waals surface area (Å²) >= 11 is 0. The van der Waals surface area contributed by atoms with Crippen LogP contribution in [-0.4, -0.2) is 57.4 Å². The van der Waals surface area contributed by atoms with Crippen molar-refractivity contribution in [1.29, 1.82) is 0 Å². The lowest BCUT2D eigenvalue weighted by atomic mass is 9.93. The molecule has 7 rings (SSSR count). The van der Waals surface area contributed by atoms with E-state index in [1.54, 1.807) is 58.0 Å². The molecular formula is C39H33N5O5. The third-order valence-electron chi connectivity index (χ3n) is 8.79. The molecule has 1 atom stereocenters. The van der Waals surface area contributed by atoms with Gasteiger partial charge in [-0.2, -0.15) is 5.10 Å². The van der Waals surface area contributed by atoms with E-state index in [2.05, 4.69) is 5.32 Å². The van der Waals surface area contributed by atoms with Crippen molar-refractivity contribution in [2.24, 2.45) is 0 Å². The van der Waals surface area contributed by atoms with Crippen LogP contribution in [0, 0.1) is 0 Å². The van der Waals surface area contributed by atoms with E-state index < -0.39 is 12.1 Å². The topological polar surface area (TPSA) is 117 Å². The van der Waals surface area contributed by atoms with Gasteiger partial charge in [-0.15, -0.1) is 0 Å². The normalized spacial score (nSPS) is 13.8. The van der Waals surface area contributed by atoms with Crippen LogP contribution < -0.4 is 15.0 Å². The van der Waals surface area contributed by atoms with E-state index >= 15 is 0 Å². The van der Waals surface area contributed by atoms with Crippen LogP contribution in [0.2, 0.25) is 0 Å². The van der Waals surface area contributed by atoms with Crippen LogP contribution in [0.15, 0.2) is 127 Å². The van der Waals surface area contributed by atoms with E-state index in [1.165, 1.54) is 0 Å². The summed E-state index contributed by atoms with van der Waals surface area (Å²) in [5.74, 6) is -0.0636. The lowest BCUT2D eigenvalue weighted by Crippen LogP contribution is -2.50. The number of ether oxygens (including phenoxy) is 1. The number of amides is 3. The van der Waals surface area contributed by atoms with Gasteiger partial charge in [-0.3, -0.25) is 14.5 Å². The van der Waals surface area contributed by atoms with Crippen molar-refractivity contribution in [2.45, 2.75) is 19.0 Å². The molecule has 0 unspecified atom stereocenters. The van der Waals surface area contributed by atoms with E-state index in [4.69, 9.17) is 9.84 Å². The van der Waals surface area contributed by atoms with Gasteiger partial charge in [0.1, 0.15) is 5.75 Å². The van der Waals surface area contributed by atoms with Gasteiger partial charge in [0.2, 0.25) is 0 Å². The molecule has 0 fully saturated rings. The summed E-state index contributed by atoms with van der Waals surface area (Å²) in [6.07, 6.45) is -0.652. The third-order valence-corrected chi connectivity index (χ3v) is 8.79. The van der Waals surface area contributed by atoms with Gasteiger partial charge in [0, 0.05) is 35.9 Å². The molecule has 10 nitrogen and oxygen atoms in total. The van der Waals surface area contributed by atoms with Gasteiger partial charge in [0.05, 0.1) is 29.9 Å². The fourth-order valence-electron chi connectivity index (χ4n) is 6.41. The second-order valence-electron chi connectivity index (χ2n) is 11.7. The molecule has 0 bridgehead atoms. The lowest BCUT2D eigenvalue weighted by Gasteiger charge is -2.37. The first-order chi connectivity index (χ1) is 23.9. The highest BCUT2D eigenvalue weighted by molar-refractivity contribution is 6.16. The Bertz CT molecular complexity index is 2130. The van der Waals surface area contributed by atoms with Gasteiger partial charge < -0.3 is 20.1 Å². The van der Waals surface area contributed by atoms with E-state index in [9.17, 15) is 19.5 Å². The van der Waals surface area contributed by atoms with Crippen molar-refractivity contribution in [3.8, 4) is 11.4 Å². The van der Waals surface area contributed by atoms with Crippen LogP contribution in [0.3, 0.4) is 0 Å². The van der Waals surface area contributed by atoms with Crippen LogP contribution in [0.4, 0.5) is 16.2 Å². The lowest BCUT2D eigenvalue weighted by molar-refractivity contribution is 0.0636. The standard InChI is InChI=1S/C39H33N5O5/c1-49-31-20-21-32-35(23-31)44(41-36(32)38(46)43(28-14-4-2-5-15-28)29-16-6-3-7-17-29)34-19-11-10-18-33(34)37(45)42-25-27-13-9-8-12-26(27)22-30(42)24-40-39(47)48/h2-21,23,30,40H,22,24-25H2,1H3,(H,47,48)/t30-/m0/s1. The largest absolute Gasteiger partial charge is 0.497 e. The summed E-state index contributed by atoms with van der Waals surface area (Å²) in [5.41, 5.74) is 5.04. The molecule has 1 aliphatic rings. The number of aromatic nitrogens is 2. The number of carboxylic acid groups (broad SMARTS) is 1. The highest BCUT2D eigenvalue weighted by Crippen LogP contribution is 2.33. The van der Waals surface area contributed by atoms with Crippen LogP contribution in [0.25, 0.3) is 16.6 Å². The molecule has 2 N–H and O–H groups in total. The number of rotatable bonds is 8. The second-order valence-corrected chi connectivity index (χ2v) is 11.7. The number of benzene rings is 5. The number of hydrogen-bond acceptors (Lipinski definition) is 5. The molecular weight excluding hydrogens is 618 g/mol. The fourth-order valence-corrected chi connectivity index (χ4v) is 6.41.